The van der Waals surface area contributed by atoms with Gasteiger partial charge in [0.15, 0.2) is 18.5 Å². The standard InChI is InChI=1S/C23H45N7O12/c1-6(31)17-15(36)14(35)11(26)21(40-17)41-18-7(25)4-8(30-20(38)9(32)2-3-24)12(33)19(18)42-22-16(37)13(34)10(39-22)5-29-23(27)28/h6-19,21-22,31-37H,2-5,24-26H2,1H3,(H,30,38)(H4,27,28,29)/t6-,7?,8-,9+,10-,11?,12-,13?,14?,15+,16?,17?,18-,19?,21-,22+/m1/s1. The maximum Gasteiger partial charge on any atom is 0.249 e. The molecule has 2 heterocycles. The molecule has 2 aliphatic heterocycles. The molecule has 0 radical (unpaired) electrons. The second kappa shape index (κ2) is 14.8. The van der Waals surface area contributed by atoms with Crippen molar-refractivity contribution in [3.63, 3.8) is 0 Å². The van der Waals surface area contributed by atoms with E-state index < -0.39 is 110 Å². The summed E-state index contributed by atoms with van der Waals surface area (Å²) in [6, 6.07) is -3.46. The summed E-state index contributed by atoms with van der Waals surface area (Å²) >= 11 is 0. The van der Waals surface area contributed by atoms with Gasteiger partial charge >= 0.3 is 0 Å². The maximum absolute atomic E-state index is 12.5. The lowest BCUT2D eigenvalue weighted by atomic mass is 9.83. The fourth-order valence-electron chi connectivity index (χ4n) is 5.23. The van der Waals surface area contributed by atoms with Crippen molar-refractivity contribution in [2.75, 3.05) is 13.1 Å². The molecule has 19 nitrogen and oxygen atoms in total. The maximum atomic E-state index is 12.5. The Morgan fingerprint density at radius 1 is 0.976 bits per heavy atom. The molecule has 7 unspecified atom stereocenters. The number of ether oxygens (including phenoxy) is 4. The van der Waals surface area contributed by atoms with Gasteiger partial charge in [-0.2, -0.15) is 0 Å². The van der Waals surface area contributed by atoms with Gasteiger partial charge in [-0.1, -0.05) is 0 Å². The average Bonchev–Trinajstić information content (AvgIpc) is 3.19. The molecule has 0 aromatic carbocycles. The van der Waals surface area contributed by atoms with Gasteiger partial charge in [-0.3, -0.25) is 10.2 Å². The van der Waals surface area contributed by atoms with Crippen LogP contribution in [0.5, 0.6) is 0 Å². The summed E-state index contributed by atoms with van der Waals surface area (Å²) in [4.78, 5) is 12.5. The average molecular weight is 612 g/mol. The third-order valence-electron chi connectivity index (χ3n) is 7.65. The fraction of sp³-hybridized carbons (Fsp3) is 0.913. The first-order valence-electron chi connectivity index (χ1n) is 13.7. The van der Waals surface area contributed by atoms with Gasteiger partial charge in [0.1, 0.15) is 61.0 Å². The molecule has 42 heavy (non-hydrogen) atoms. The molecule has 244 valence electrons. The molecule has 1 aliphatic carbocycles. The number of aliphatic hydroxyl groups excluding tert-OH is 7. The van der Waals surface area contributed by atoms with Crippen LogP contribution < -0.4 is 33.6 Å². The lowest BCUT2D eigenvalue weighted by molar-refractivity contribution is -0.315. The molecule has 0 aromatic heterocycles. The zero-order valence-corrected chi connectivity index (χ0v) is 23.0. The van der Waals surface area contributed by atoms with Crippen LogP contribution in [0.2, 0.25) is 0 Å². The van der Waals surface area contributed by atoms with Crippen LogP contribution in [0.1, 0.15) is 19.8 Å². The molecule has 3 rings (SSSR count). The number of carbonyl (C=O) groups is 1. The van der Waals surface area contributed by atoms with Crippen molar-refractivity contribution in [1.82, 2.24) is 10.6 Å². The summed E-state index contributed by atoms with van der Waals surface area (Å²) in [6.45, 7) is 1.19. The molecule has 3 fully saturated rings. The monoisotopic (exact) mass is 611 g/mol. The van der Waals surface area contributed by atoms with Crippen molar-refractivity contribution in [3.05, 3.63) is 0 Å². The fourth-order valence-corrected chi connectivity index (χ4v) is 5.23. The molecule has 18 N–H and O–H groups in total. The van der Waals surface area contributed by atoms with Gasteiger partial charge in [-0.05, 0) is 26.3 Å². The predicted molar refractivity (Wildman–Crippen MR) is 141 cm³/mol. The summed E-state index contributed by atoms with van der Waals surface area (Å²) in [5, 5.41) is 85.4. The smallest absolute Gasteiger partial charge is 0.249 e. The molecule has 16 atom stereocenters. The second-order valence-corrected chi connectivity index (χ2v) is 10.9. The Labute approximate surface area is 241 Å². The second-order valence-electron chi connectivity index (χ2n) is 10.9. The molecule has 1 saturated carbocycles. The third-order valence-corrected chi connectivity index (χ3v) is 7.65. The third kappa shape index (κ3) is 7.81. The van der Waals surface area contributed by atoms with E-state index in [1.54, 1.807) is 0 Å². The van der Waals surface area contributed by atoms with Crippen LogP contribution in [0, 0.1) is 5.41 Å². The first-order valence-corrected chi connectivity index (χ1v) is 13.7. The molecule has 19 heteroatoms. The van der Waals surface area contributed by atoms with E-state index in [-0.39, 0.29) is 25.9 Å². The van der Waals surface area contributed by atoms with Gasteiger partial charge in [0, 0.05) is 12.6 Å². The minimum atomic E-state index is -1.64. The van der Waals surface area contributed by atoms with E-state index in [0.717, 1.165) is 0 Å². The van der Waals surface area contributed by atoms with Crippen LogP contribution in [0.15, 0.2) is 0 Å². The van der Waals surface area contributed by atoms with Crippen molar-refractivity contribution in [3.8, 4) is 0 Å². The van der Waals surface area contributed by atoms with Gasteiger partial charge < -0.3 is 88.3 Å². The highest BCUT2D eigenvalue weighted by Gasteiger charge is 2.53. The largest absolute Gasteiger partial charge is 0.391 e. The van der Waals surface area contributed by atoms with E-state index in [1.165, 1.54) is 6.92 Å². The van der Waals surface area contributed by atoms with Crippen LogP contribution in [0.3, 0.4) is 0 Å². The van der Waals surface area contributed by atoms with E-state index >= 15 is 0 Å². The van der Waals surface area contributed by atoms with Crippen LogP contribution in [0.25, 0.3) is 0 Å². The van der Waals surface area contributed by atoms with E-state index in [1.807, 2.05) is 0 Å². The number of hydrogen-bond donors (Lipinski definition) is 14. The Balaban J connectivity index is 1.85. The summed E-state index contributed by atoms with van der Waals surface area (Å²) < 4.78 is 23.1. The highest BCUT2D eigenvalue weighted by atomic mass is 16.7. The molecular formula is C23H45N7O12. The molecular weight excluding hydrogens is 566 g/mol. The Morgan fingerprint density at radius 2 is 1.62 bits per heavy atom. The van der Waals surface area contributed by atoms with Crippen molar-refractivity contribution in [2.45, 2.75) is 118 Å². The topological polar surface area (TPSA) is 348 Å². The molecule has 0 bridgehead atoms. The van der Waals surface area contributed by atoms with E-state index in [4.69, 9.17) is 47.3 Å². The Hall–Kier alpha value is -1.82. The lowest BCUT2D eigenvalue weighted by Crippen LogP contribution is -2.69. The van der Waals surface area contributed by atoms with Gasteiger partial charge in [-0.15, -0.1) is 0 Å². The van der Waals surface area contributed by atoms with Gasteiger partial charge in [0.05, 0.1) is 18.2 Å². The summed E-state index contributed by atoms with van der Waals surface area (Å²) in [7, 11) is 0. The lowest BCUT2D eigenvalue weighted by Gasteiger charge is -2.48. The van der Waals surface area contributed by atoms with E-state index in [0.29, 0.717) is 0 Å². The van der Waals surface area contributed by atoms with Crippen LogP contribution >= 0.6 is 0 Å². The number of hydrogen-bond acceptors (Lipinski definition) is 16. The summed E-state index contributed by atoms with van der Waals surface area (Å²) in [6.07, 6.45) is -18.9. The minimum absolute atomic E-state index is 0.0253. The number of amides is 1. The normalized spacial score (nSPS) is 43.9. The molecule has 0 aromatic rings. The molecule has 2 saturated heterocycles. The quantitative estimate of drug-likeness (QED) is 0.0761. The van der Waals surface area contributed by atoms with Crippen LogP contribution in [-0.2, 0) is 23.7 Å². The summed E-state index contributed by atoms with van der Waals surface area (Å²) in [5.41, 5.74) is 23.1. The van der Waals surface area contributed by atoms with Crippen LogP contribution in [0.4, 0.5) is 0 Å². The Bertz CT molecular complexity index is 908. The van der Waals surface area contributed by atoms with Gasteiger partial charge in [-0.25, -0.2) is 0 Å². The number of aliphatic hydroxyl groups is 7. The molecule has 1 amide bonds. The zero-order valence-electron chi connectivity index (χ0n) is 23.0. The number of guanidine groups is 1. The van der Waals surface area contributed by atoms with Crippen molar-refractivity contribution >= 4 is 11.9 Å². The van der Waals surface area contributed by atoms with E-state index in [9.17, 15) is 40.5 Å². The minimum Gasteiger partial charge on any atom is -0.391 e. The first-order chi connectivity index (χ1) is 19.7. The molecule has 3 aliphatic rings. The van der Waals surface area contributed by atoms with Crippen molar-refractivity contribution in [1.29, 1.82) is 5.41 Å². The summed E-state index contributed by atoms with van der Waals surface area (Å²) in [5.74, 6) is -1.24. The first kappa shape index (κ1) is 34.7. The molecule has 0 spiro atoms. The van der Waals surface area contributed by atoms with E-state index in [2.05, 4.69) is 10.6 Å². The van der Waals surface area contributed by atoms with Gasteiger partial charge in [0.2, 0.25) is 5.91 Å². The SMILES string of the molecule is C[C@@H](O)C1O[C@H](O[C@@H]2C(N)C[C@@H](NC(=O)[C@@H](O)CCN)[C@@H](O)C2O[C@@H]2O[C@H](CNC(=N)N)C(O)C2O)C(N)C(O)[C@@H]1O. The highest BCUT2D eigenvalue weighted by Crippen LogP contribution is 2.33. The number of carbonyl (C=O) groups excluding carboxylic acids is 1. The van der Waals surface area contributed by atoms with Crippen LogP contribution in [-0.4, -0.2) is 159 Å². The number of nitrogens with two attached hydrogens (primary N) is 4. The number of rotatable bonds is 11. The van der Waals surface area contributed by atoms with Gasteiger partial charge in [0.25, 0.3) is 0 Å². The Morgan fingerprint density at radius 3 is 2.21 bits per heavy atom. The number of nitrogens with one attached hydrogen (secondary N) is 3. The Kier molecular flexibility index (Phi) is 12.2. The zero-order chi connectivity index (χ0) is 31.5. The predicted octanol–water partition coefficient (Wildman–Crippen LogP) is -7.87. The van der Waals surface area contributed by atoms with Crippen molar-refractivity contribution in [2.24, 2.45) is 22.9 Å². The highest BCUT2D eigenvalue weighted by molar-refractivity contribution is 5.80. The van der Waals surface area contributed by atoms with Crippen molar-refractivity contribution < 1.29 is 59.5 Å².